The smallest absolute Gasteiger partial charge is 0.264 e. The van der Waals surface area contributed by atoms with Gasteiger partial charge in [-0.05, 0) is 34.8 Å². The van der Waals surface area contributed by atoms with Gasteiger partial charge in [-0.25, -0.2) is 9.97 Å². The predicted octanol–water partition coefficient (Wildman–Crippen LogP) is 2.86. The fourth-order valence-electron chi connectivity index (χ4n) is 2.45. The van der Waals surface area contributed by atoms with Crippen LogP contribution >= 0.6 is 27.3 Å². The average molecular weight is 393 g/mol. The van der Waals surface area contributed by atoms with Gasteiger partial charge in [0, 0.05) is 28.8 Å². The van der Waals surface area contributed by atoms with Crippen LogP contribution in [0.25, 0.3) is 0 Å². The number of ether oxygens (including phenoxy) is 1. The van der Waals surface area contributed by atoms with E-state index in [1.165, 1.54) is 23.7 Å². The molecule has 1 atom stereocenters. The number of hydrogen-bond donors (Lipinski definition) is 0. The van der Waals surface area contributed by atoms with Crippen LogP contribution in [-0.4, -0.2) is 40.0 Å². The summed E-state index contributed by atoms with van der Waals surface area (Å²) in [7, 11) is 0. The van der Waals surface area contributed by atoms with Crippen LogP contribution in [0.4, 0.5) is 0 Å². The number of amides is 1. The monoisotopic (exact) mass is 392 g/mol. The fourth-order valence-corrected chi connectivity index (χ4v) is 3.84. The van der Waals surface area contributed by atoms with Crippen LogP contribution in [0.1, 0.15) is 28.2 Å². The topological polar surface area (TPSA) is 79.1 Å². The maximum absolute atomic E-state index is 12.5. The van der Waals surface area contributed by atoms with E-state index in [2.05, 4.69) is 25.9 Å². The molecule has 2 aromatic heterocycles. The van der Waals surface area contributed by atoms with Crippen molar-refractivity contribution in [3.05, 3.63) is 38.9 Å². The zero-order valence-corrected chi connectivity index (χ0v) is 14.5. The van der Waals surface area contributed by atoms with E-state index in [1.807, 2.05) is 17.5 Å². The van der Waals surface area contributed by atoms with Crippen molar-refractivity contribution in [2.24, 2.45) is 0 Å². The summed E-state index contributed by atoms with van der Waals surface area (Å²) in [6.45, 7) is 1.19. The van der Waals surface area contributed by atoms with E-state index in [0.717, 1.165) is 17.3 Å². The van der Waals surface area contributed by atoms with Crippen LogP contribution in [0.15, 0.2) is 28.3 Å². The lowest BCUT2D eigenvalue weighted by Gasteiger charge is -2.32. The summed E-state index contributed by atoms with van der Waals surface area (Å²) in [6, 6.07) is 3.79. The lowest BCUT2D eigenvalue weighted by atomic mass is 10.1. The number of likely N-dealkylation sites (tertiary alicyclic amines) is 1. The van der Waals surface area contributed by atoms with E-state index >= 15 is 0 Å². The molecule has 0 N–H and O–H groups in total. The minimum absolute atomic E-state index is 0.00801. The maximum atomic E-state index is 12.5. The third-order valence-electron chi connectivity index (χ3n) is 3.49. The van der Waals surface area contributed by atoms with E-state index in [9.17, 15) is 4.79 Å². The summed E-state index contributed by atoms with van der Waals surface area (Å²) in [4.78, 5) is 23.0. The highest BCUT2D eigenvalue weighted by Gasteiger charge is 2.27. The molecule has 0 saturated carbocycles. The minimum atomic E-state index is -0.181. The van der Waals surface area contributed by atoms with Gasteiger partial charge in [0.05, 0.1) is 11.4 Å². The van der Waals surface area contributed by atoms with E-state index in [-0.39, 0.29) is 23.6 Å². The van der Waals surface area contributed by atoms with Gasteiger partial charge in [-0.15, -0.1) is 11.3 Å². The number of rotatable bonds is 3. The Morgan fingerprint density at radius 2 is 2.30 bits per heavy atom. The highest BCUT2D eigenvalue weighted by atomic mass is 79.9. The zero-order valence-electron chi connectivity index (χ0n) is 12.1. The normalized spacial score (nSPS) is 17.6. The Morgan fingerprint density at radius 3 is 3.04 bits per heavy atom. The summed E-state index contributed by atoms with van der Waals surface area (Å²) in [5.41, 5.74) is 0.165. The maximum Gasteiger partial charge on any atom is 0.264 e. The van der Waals surface area contributed by atoms with Gasteiger partial charge in [0.2, 0.25) is 5.69 Å². The first-order chi connectivity index (χ1) is 11.2. The molecule has 1 amide bonds. The molecule has 0 aliphatic carbocycles. The molecule has 0 bridgehead atoms. The Bertz CT molecular complexity index is 758. The van der Waals surface area contributed by atoms with Crippen molar-refractivity contribution in [2.45, 2.75) is 18.9 Å². The molecular weight excluding hydrogens is 380 g/mol. The number of carbonyl (C=O) groups excluding carboxylic acids is 1. The fraction of sp³-hybridized carbons (Fsp3) is 0.333. The van der Waals surface area contributed by atoms with Gasteiger partial charge >= 0.3 is 0 Å². The summed E-state index contributed by atoms with van der Waals surface area (Å²) >= 11 is 4.78. The van der Waals surface area contributed by atoms with Crippen LogP contribution in [0.2, 0.25) is 0 Å². The van der Waals surface area contributed by atoms with E-state index in [4.69, 9.17) is 10.00 Å². The summed E-state index contributed by atoms with van der Waals surface area (Å²) in [5.74, 6) is 0.238. The second kappa shape index (κ2) is 7.06. The number of hydrogen-bond acceptors (Lipinski definition) is 6. The molecule has 2 aromatic rings. The Morgan fingerprint density at radius 1 is 1.48 bits per heavy atom. The molecule has 1 saturated heterocycles. The number of aromatic nitrogens is 2. The van der Waals surface area contributed by atoms with Crippen LogP contribution in [0.5, 0.6) is 5.88 Å². The van der Waals surface area contributed by atoms with E-state index in [0.29, 0.717) is 18.0 Å². The summed E-state index contributed by atoms with van der Waals surface area (Å²) in [5, 5.41) is 10.9. The van der Waals surface area contributed by atoms with E-state index in [1.54, 1.807) is 4.90 Å². The lowest BCUT2D eigenvalue weighted by Crippen LogP contribution is -2.44. The van der Waals surface area contributed by atoms with Crippen molar-refractivity contribution in [3.8, 4) is 11.9 Å². The first kappa shape index (κ1) is 15.9. The molecule has 8 heteroatoms. The number of nitrogens with zero attached hydrogens (tertiary/aromatic N) is 4. The van der Waals surface area contributed by atoms with Gasteiger partial charge in [-0.2, -0.15) is 5.26 Å². The second-order valence-electron chi connectivity index (χ2n) is 5.08. The Hall–Kier alpha value is -1.98. The molecule has 0 aromatic carbocycles. The molecule has 3 rings (SSSR count). The molecule has 1 fully saturated rings. The number of nitriles is 1. The molecule has 0 radical (unpaired) electrons. The van der Waals surface area contributed by atoms with Gasteiger partial charge in [-0.1, -0.05) is 0 Å². The standard InChI is InChI=1S/C15H13BrN4O2S/c16-10-6-13(23-9-10)15(21)20-5-1-2-11(8-20)22-14-12(7-17)18-3-4-19-14/h3-4,6,9,11H,1-2,5,8H2. The number of thiophene rings is 1. The third-order valence-corrected chi connectivity index (χ3v) is 5.17. The van der Waals surface area contributed by atoms with Crippen LogP contribution in [0, 0.1) is 11.3 Å². The van der Waals surface area contributed by atoms with Gasteiger partial charge in [0.1, 0.15) is 12.2 Å². The largest absolute Gasteiger partial charge is 0.470 e. The highest BCUT2D eigenvalue weighted by molar-refractivity contribution is 9.10. The van der Waals surface area contributed by atoms with Crippen molar-refractivity contribution < 1.29 is 9.53 Å². The number of halogens is 1. The quantitative estimate of drug-likeness (QED) is 0.801. The minimum Gasteiger partial charge on any atom is -0.470 e. The summed E-state index contributed by atoms with van der Waals surface area (Å²) < 4.78 is 6.71. The van der Waals surface area contributed by atoms with Crippen molar-refractivity contribution in [1.82, 2.24) is 14.9 Å². The first-order valence-electron chi connectivity index (χ1n) is 7.08. The van der Waals surface area contributed by atoms with Gasteiger partial charge in [0.15, 0.2) is 0 Å². The molecule has 1 aliphatic rings. The van der Waals surface area contributed by atoms with Crippen LogP contribution < -0.4 is 4.74 Å². The second-order valence-corrected chi connectivity index (χ2v) is 6.91. The van der Waals surface area contributed by atoms with Crippen molar-refractivity contribution in [3.63, 3.8) is 0 Å². The molecule has 1 aliphatic heterocycles. The zero-order chi connectivity index (χ0) is 16.2. The average Bonchev–Trinajstić information content (AvgIpc) is 3.01. The van der Waals surface area contributed by atoms with E-state index < -0.39 is 0 Å². The molecule has 1 unspecified atom stereocenters. The molecule has 23 heavy (non-hydrogen) atoms. The predicted molar refractivity (Wildman–Crippen MR) is 88.3 cm³/mol. The van der Waals surface area contributed by atoms with Gasteiger partial charge < -0.3 is 9.64 Å². The molecule has 6 nitrogen and oxygen atoms in total. The number of piperidine rings is 1. The lowest BCUT2D eigenvalue weighted by molar-refractivity contribution is 0.0530. The summed E-state index contributed by atoms with van der Waals surface area (Å²) in [6.07, 6.45) is 4.44. The van der Waals surface area contributed by atoms with Crippen molar-refractivity contribution in [2.75, 3.05) is 13.1 Å². The van der Waals surface area contributed by atoms with Crippen molar-refractivity contribution >= 4 is 33.2 Å². The van der Waals surface area contributed by atoms with Crippen LogP contribution in [0.3, 0.4) is 0 Å². The first-order valence-corrected chi connectivity index (χ1v) is 8.75. The SMILES string of the molecule is N#Cc1nccnc1OC1CCCN(C(=O)c2cc(Br)cs2)C1. The Labute approximate surface area is 145 Å². The molecule has 3 heterocycles. The van der Waals surface area contributed by atoms with Gasteiger partial charge in [0.25, 0.3) is 11.8 Å². The van der Waals surface area contributed by atoms with Crippen LogP contribution in [-0.2, 0) is 0 Å². The molecule has 118 valence electrons. The van der Waals surface area contributed by atoms with Gasteiger partial charge in [-0.3, -0.25) is 4.79 Å². The number of carbonyl (C=O) groups is 1. The Balaban J connectivity index is 1.69. The van der Waals surface area contributed by atoms with Crippen molar-refractivity contribution in [1.29, 1.82) is 5.26 Å². The third kappa shape index (κ3) is 3.68. The molecule has 0 spiro atoms. The Kier molecular flexibility index (Phi) is 4.88. The highest BCUT2D eigenvalue weighted by Crippen LogP contribution is 2.24. The molecular formula is C15H13BrN4O2S.